The Bertz CT molecular complexity index is 199. The molecule has 3 heteroatoms. The lowest BCUT2D eigenvalue weighted by atomic mass is 10.0. The Morgan fingerprint density at radius 2 is 2.33 bits per heavy atom. The van der Waals surface area contributed by atoms with Crippen LogP contribution in [0, 0.1) is 11.3 Å². The normalized spacial score (nSPS) is 36.9. The number of fused-ring (bicyclic) bond motifs is 1. The standard InChI is InChI=1S/C9H14N2O/c10-5-9-6-11-4-2-1-3-8(11)7-12-9/h8-9H,1-4,6-7H2/t8-,9-/m1/s1. The summed E-state index contributed by atoms with van der Waals surface area (Å²) in [6.07, 6.45) is 3.67. The van der Waals surface area contributed by atoms with Crippen LogP contribution in [-0.2, 0) is 4.74 Å². The van der Waals surface area contributed by atoms with Crippen LogP contribution in [0.5, 0.6) is 0 Å². The van der Waals surface area contributed by atoms with Gasteiger partial charge in [0.05, 0.1) is 12.7 Å². The number of rotatable bonds is 0. The van der Waals surface area contributed by atoms with Crippen molar-refractivity contribution in [2.24, 2.45) is 0 Å². The molecule has 12 heavy (non-hydrogen) atoms. The largest absolute Gasteiger partial charge is 0.360 e. The van der Waals surface area contributed by atoms with Gasteiger partial charge in [-0.1, -0.05) is 6.42 Å². The van der Waals surface area contributed by atoms with Gasteiger partial charge in [-0.15, -0.1) is 0 Å². The lowest BCUT2D eigenvalue weighted by Crippen LogP contribution is -2.51. The first-order valence-corrected chi connectivity index (χ1v) is 4.65. The number of hydrogen-bond acceptors (Lipinski definition) is 3. The molecule has 0 spiro atoms. The molecular formula is C9H14N2O. The third kappa shape index (κ3) is 1.45. The highest BCUT2D eigenvalue weighted by atomic mass is 16.5. The first-order valence-electron chi connectivity index (χ1n) is 4.65. The van der Waals surface area contributed by atoms with Crippen LogP contribution in [0.2, 0.25) is 0 Å². The van der Waals surface area contributed by atoms with E-state index in [4.69, 9.17) is 10.00 Å². The summed E-state index contributed by atoms with van der Waals surface area (Å²) >= 11 is 0. The third-order valence-electron chi connectivity index (χ3n) is 2.78. The minimum absolute atomic E-state index is 0.181. The average molecular weight is 166 g/mol. The Labute approximate surface area is 72.9 Å². The quantitative estimate of drug-likeness (QED) is 0.533. The summed E-state index contributed by atoms with van der Waals surface area (Å²) in [5.74, 6) is 0. The van der Waals surface area contributed by atoms with Crippen LogP contribution in [-0.4, -0.2) is 36.7 Å². The molecule has 0 saturated carbocycles. The van der Waals surface area contributed by atoms with E-state index in [1.807, 2.05) is 0 Å². The number of hydrogen-bond donors (Lipinski definition) is 0. The Morgan fingerprint density at radius 1 is 1.42 bits per heavy atom. The maximum atomic E-state index is 8.68. The Hall–Kier alpha value is -0.590. The number of piperidine rings is 1. The molecule has 0 bridgehead atoms. The highest BCUT2D eigenvalue weighted by molar-refractivity contribution is 4.93. The van der Waals surface area contributed by atoms with E-state index in [2.05, 4.69) is 11.0 Å². The number of ether oxygens (including phenoxy) is 1. The van der Waals surface area contributed by atoms with Gasteiger partial charge in [-0.2, -0.15) is 5.26 Å². The van der Waals surface area contributed by atoms with Crippen LogP contribution in [0.3, 0.4) is 0 Å². The van der Waals surface area contributed by atoms with E-state index < -0.39 is 0 Å². The molecule has 2 saturated heterocycles. The Morgan fingerprint density at radius 3 is 3.17 bits per heavy atom. The molecule has 0 aromatic rings. The van der Waals surface area contributed by atoms with Crippen LogP contribution >= 0.6 is 0 Å². The summed E-state index contributed by atoms with van der Waals surface area (Å²) in [4.78, 5) is 2.40. The average Bonchev–Trinajstić information content (AvgIpc) is 2.17. The van der Waals surface area contributed by atoms with Crippen molar-refractivity contribution in [2.75, 3.05) is 19.7 Å². The van der Waals surface area contributed by atoms with Crippen molar-refractivity contribution in [3.05, 3.63) is 0 Å². The van der Waals surface area contributed by atoms with E-state index in [0.717, 1.165) is 19.7 Å². The van der Waals surface area contributed by atoms with Crippen molar-refractivity contribution < 1.29 is 4.74 Å². The molecule has 2 atom stereocenters. The van der Waals surface area contributed by atoms with Gasteiger partial charge in [-0.3, -0.25) is 4.90 Å². The van der Waals surface area contributed by atoms with Crippen molar-refractivity contribution in [3.63, 3.8) is 0 Å². The van der Waals surface area contributed by atoms with E-state index in [0.29, 0.717) is 6.04 Å². The van der Waals surface area contributed by atoms with Crippen LogP contribution < -0.4 is 0 Å². The SMILES string of the molecule is N#C[C@@H]1CN2CCCC[C@@H]2CO1. The first-order chi connectivity index (χ1) is 5.90. The van der Waals surface area contributed by atoms with Crippen molar-refractivity contribution in [1.82, 2.24) is 4.90 Å². The highest BCUT2D eigenvalue weighted by Crippen LogP contribution is 2.21. The molecule has 2 fully saturated rings. The van der Waals surface area contributed by atoms with Crippen molar-refractivity contribution >= 4 is 0 Å². The number of nitrogens with zero attached hydrogens (tertiary/aromatic N) is 2. The van der Waals surface area contributed by atoms with Gasteiger partial charge >= 0.3 is 0 Å². The highest BCUT2D eigenvalue weighted by Gasteiger charge is 2.30. The molecule has 2 heterocycles. The van der Waals surface area contributed by atoms with Crippen LogP contribution in [0.25, 0.3) is 0 Å². The van der Waals surface area contributed by atoms with Gasteiger partial charge in [0.1, 0.15) is 0 Å². The molecule has 2 rings (SSSR count). The van der Waals surface area contributed by atoms with Crippen molar-refractivity contribution in [2.45, 2.75) is 31.4 Å². The van der Waals surface area contributed by atoms with Gasteiger partial charge in [0.15, 0.2) is 6.10 Å². The number of morpholine rings is 1. The summed E-state index contributed by atoms with van der Waals surface area (Å²) in [5, 5.41) is 8.68. The molecule has 0 N–H and O–H groups in total. The second-order valence-corrected chi connectivity index (χ2v) is 3.60. The summed E-state index contributed by atoms with van der Waals surface area (Å²) in [6.45, 7) is 2.74. The molecule has 66 valence electrons. The molecule has 3 nitrogen and oxygen atoms in total. The van der Waals surface area contributed by atoms with Gasteiger partial charge in [0.25, 0.3) is 0 Å². The zero-order valence-electron chi connectivity index (χ0n) is 7.20. The Balaban J connectivity index is 1.95. The summed E-state index contributed by atoms with van der Waals surface area (Å²) in [7, 11) is 0. The minimum atomic E-state index is -0.181. The van der Waals surface area contributed by atoms with E-state index >= 15 is 0 Å². The Kier molecular flexibility index (Phi) is 2.29. The number of nitriles is 1. The van der Waals surface area contributed by atoms with Gasteiger partial charge in [0.2, 0.25) is 0 Å². The van der Waals surface area contributed by atoms with Crippen molar-refractivity contribution in [3.8, 4) is 6.07 Å². The fourth-order valence-electron chi connectivity index (χ4n) is 2.06. The molecule has 2 aliphatic heterocycles. The second kappa shape index (κ2) is 3.42. The summed E-state index contributed by atoms with van der Waals surface area (Å²) < 4.78 is 5.39. The van der Waals surface area contributed by atoms with Crippen LogP contribution in [0.15, 0.2) is 0 Å². The lowest BCUT2D eigenvalue weighted by Gasteiger charge is -2.40. The zero-order valence-corrected chi connectivity index (χ0v) is 7.20. The van der Waals surface area contributed by atoms with Crippen LogP contribution in [0.4, 0.5) is 0 Å². The van der Waals surface area contributed by atoms with Crippen molar-refractivity contribution in [1.29, 1.82) is 5.26 Å². The van der Waals surface area contributed by atoms with E-state index in [9.17, 15) is 0 Å². The molecule has 2 aliphatic rings. The molecule has 0 aromatic heterocycles. The smallest absolute Gasteiger partial charge is 0.156 e. The van der Waals surface area contributed by atoms with E-state index in [1.54, 1.807) is 0 Å². The molecule has 0 radical (unpaired) electrons. The predicted octanol–water partition coefficient (Wildman–Crippen LogP) is 0.763. The maximum absolute atomic E-state index is 8.68. The van der Waals surface area contributed by atoms with Gasteiger partial charge < -0.3 is 4.74 Å². The van der Waals surface area contributed by atoms with E-state index in [-0.39, 0.29) is 6.10 Å². The summed E-state index contributed by atoms with van der Waals surface area (Å²) in [6, 6.07) is 2.77. The first kappa shape index (κ1) is 8.03. The minimum Gasteiger partial charge on any atom is -0.360 e. The second-order valence-electron chi connectivity index (χ2n) is 3.60. The van der Waals surface area contributed by atoms with Gasteiger partial charge in [0, 0.05) is 12.6 Å². The third-order valence-corrected chi connectivity index (χ3v) is 2.78. The fraction of sp³-hybridized carbons (Fsp3) is 0.889. The van der Waals surface area contributed by atoms with Gasteiger partial charge in [-0.25, -0.2) is 0 Å². The zero-order chi connectivity index (χ0) is 8.39. The van der Waals surface area contributed by atoms with Gasteiger partial charge in [-0.05, 0) is 19.4 Å². The maximum Gasteiger partial charge on any atom is 0.156 e. The monoisotopic (exact) mass is 166 g/mol. The topological polar surface area (TPSA) is 36.3 Å². The fourth-order valence-corrected chi connectivity index (χ4v) is 2.06. The molecule has 0 aromatic carbocycles. The van der Waals surface area contributed by atoms with Crippen LogP contribution in [0.1, 0.15) is 19.3 Å². The molecular weight excluding hydrogens is 152 g/mol. The lowest BCUT2D eigenvalue weighted by molar-refractivity contribution is -0.0521. The molecule has 0 aliphatic carbocycles. The predicted molar refractivity (Wildman–Crippen MR) is 44.6 cm³/mol. The van der Waals surface area contributed by atoms with E-state index in [1.165, 1.54) is 19.3 Å². The summed E-state index contributed by atoms with van der Waals surface area (Å²) in [5.41, 5.74) is 0. The molecule has 0 unspecified atom stereocenters. The molecule has 0 amide bonds.